The van der Waals surface area contributed by atoms with Gasteiger partial charge in [0.2, 0.25) is 0 Å². The van der Waals surface area contributed by atoms with Gasteiger partial charge in [0.25, 0.3) is 0 Å². The van der Waals surface area contributed by atoms with Crippen molar-refractivity contribution in [3.05, 3.63) is 39.8 Å². The van der Waals surface area contributed by atoms with Gasteiger partial charge in [-0.25, -0.2) is 4.68 Å². The Bertz CT molecular complexity index is 936. The summed E-state index contributed by atoms with van der Waals surface area (Å²) in [7, 11) is 0. The lowest BCUT2D eigenvalue weighted by Gasteiger charge is -2.09. The molecule has 5 nitrogen and oxygen atoms in total. The van der Waals surface area contributed by atoms with Gasteiger partial charge in [-0.3, -0.25) is 4.57 Å². The number of rotatable bonds is 2. The number of H-pyrrole nitrogens is 1. The van der Waals surface area contributed by atoms with E-state index >= 15 is 0 Å². The molecule has 0 radical (unpaired) electrons. The van der Waals surface area contributed by atoms with E-state index in [-0.39, 0.29) is 0 Å². The van der Waals surface area contributed by atoms with Crippen molar-refractivity contribution in [3.63, 3.8) is 0 Å². The molecule has 2 aromatic heterocycles. The van der Waals surface area contributed by atoms with E-state index in [9.17, 15) is 5.26 Å². The van der Waals surface area contributed by atoms with E-state index in [1.54, 1.807) is 0 Å². The monoisotopic (exact) mass is 297 g/mol. The third-order valence-electron chi connectivity index (χ3n) is 3.65. The van der Waals surface area contributed by atoms with Crippen LogP contribution in [0.4, 0.5) is 0 Å². The van der Waals surface area contributed by atoms with Crippen molar-refractivity contribution < 1.29 is 0 Å². The van der Waals surface area contributed by atoms with Crippen LogP contribution in [0.15, 0.2) is 18.2 Å². The molecule has 0 atom stereocenters. The minimum Gasteiger partial charge on any atom is -0.327 e. The van der Waals surface area contributed by atoms with E-state index in [1.165, 1.54) is 0 Å². The van der Waals surface area contributed by atoms with Gasteiger partial charge in [-0.15, -0.1) is 0 Å². The van der Waals surface area contributed by atoms with E-state index in [0.717, 1.165) is 34.7 Å². The second-order valence-corrected chi connectivity index (χ2v) is 5.33. The highest BCUT2D eigenvalue weighted by atomic mass is 32.1. The van der Waals surface area contributed by atoms with Crippen molar-refractivity contribution in [2.24, 2.45) is 0 Å². The standard InChI is InChI=1S/C15H15N5S/c1-4-19-14-13(10(3)18-19)17-15(21)20(14)12-7-5-6-9(2)11(12)8-16/h5-7H,4H2,1-3H3,(H,17,21). The number of benzene rings is 1. The average molecular weight is 297 g/mol. The van der Waals surface area contributed by atoms with Gasteiger partial charge in [0.1, 0.15) is 11.6 Å². The first-order valence-corrected chi connectivity index (χ1v) is 7.17. The Kier molecular flexibility index (Phi) is 3.15. The molecule has 3 aromatic rings. The van der Waals surface area contributed by atoms with Gasteiger partial charge < -0.3 is 4.98 Å². The summed E-state index contributed by atoms with van der Waals surface area (Å²) in [6.07, 6.45) is 0. The molecule has 0 aliphatic rings. The molecule has 2 heterocycles. The third kappa shape index (κ3) is 1.89. The smallest absolute Gasteiger partial charge is 0.184 e. The minimum atomic E-state index is 0.579. The van der Waals surface area contributed by atoms with Gasteiger partial charge in [0.05, 0.1) is 16.9 Å². The van der Waals surface area contributed by atoms with Crippen molar-refractivity contribution in [2.75, 3.05) is 0 Å². The molecular formula is C15H15N5S. The first kappa shape index (κ1) is 13.6. The number of aryl methyl sites for hydroxylation is 3. The quantitative estimate of drug-likeness (QED) is 0.737. The Morgan fingerprint density at radius 2 is 2.14 bits per heavy atom. The number of hydrogen-bond acceptors (Lipinski definition) is 3. The Labute approximate surface area is 127 Å². The Balaban J connectivity index is 2.47. The SMILES string of the molecule is CCn1nc(C)c2[nH]c(=S)n(-c3cccc(C)c3C#N)c21. The first-order chi connectivity index (χ1) is 10.1. The van der Waals surface area contributed by atoms with Crippen molar-refractivity contribution in [1.29, 1.82) is 5.26 Å². The van der Waals surface area contributed by atoms with Crippen LogP contribution in [0.1, 0.15) is 23.7 Å². The van der Waals surface area contributed by atoms with Gasteiger partial charge in [0, 0.05) is 6.54 Å². The number of nitrogens with zero attached hydrogens (tertiary/aromatic N) is 4. The lowest BCUT2D eigenvalue weighted by Crippen LogP contribution is -2.05. The minimum absolute atomic E-state index is 0.579. The van der Waals surface area contributed by atoms with Crippen molar-refractivity contribution >= 4 is 23.4 Å². The summed E-state index contributed by atoms with van der Waals surface area (Å²) < 4.78 is 4.38. The maximum Gasteiger partial charge on any atom is 0.184 e. The highest BCUT2D eigenvalue weighted by Gasteiger charge is 2.17. The normalized spacial score (nSPS) is 11.0. The highest BCUT2D eigenvalue weighted by Crippen LogP contribution is 2.25. The fraction of sp³-hybridized carbons (Fsp3) is 0.267. The number of fused-ring (bicyclic) bond motifs is 1. The number of hydrogen-bond donors (Lipinski definition) is 1. The summed E-state index contributed by atoms with van der Waals surface area (Å²) in [5.74, 6) is 0. The van der Waals surface area contributed by atoms with Crippen LogP contribution in [-0.4, -0.2) is 19.3 Å². The van der Waals surface area contributed by atoms with Gasteiger partial charge in [0.15, 0.2) is 10.4 Å². The summed E-state index contributed by atoms with van der Waals surface area (Å²) in [4.78, 5) is 3.20. The topological polar surface area (TPSA) is 62.3 Å². The molecule has 0 spiro atoms. The second-order valence-electron chi connectivity index (χ2n) is 4.95. The molecule has 0 amide bonds. The summed E-state index contributed by atoms with van der Waals surface area (Å²) in [5.41, 5.74) is 5.10. The van der Waals surface area contributed by atoms with Crippen LogP contribution in [0.2, 0.25) is 0 Å². The number of aromatic nitrogens is 4. The molecule has 0 bridgehead atoms. The predicted octanol–water partition coefficient (Wildman–Crippen LogP) is 3.39. The summed E-state index contributed by atoms with van der Waals surface area (Å²) >= 11 is 5.46. The second kappa shape index (κ2) is 4.86. The fourth-order valence-electron chi connectivity index (χ4n) is 2.63. The van der Waals surface area contributed by atoms with E-state index in [4.69, 9.17) is 12.2 Å². The molecule has 21 heavy (non-hydrogen) atoms. The van der Waals surface area contributed by atoms with Crippen molar-refractivity contribution in [1.82, 2.24) is 19.3 Å². The van der Waals surface area contributed by atoms with Crippen molar-refractivity contribution in [3.8, 4) is 11.8 Å². The molecule has 0 unspecified atom stereocenters. The van der Waals surface area contributed by atoms with Crippen LogP contribution in [0.25, 0.3) is 16.9 Å². The first-order valence-electron chi connectivity index (χ1n) is 6.76. The fourth-order valence-corrected chi connectivity index (χ4v) is 2.92. The molecule has 0 saturated heterocycles. The zero-order chi connectivity index (χ0) is 15.1. The molecule has 3 rings (SSSR count). The lowest BCUT2D eigenvalue weighted by molar-refractivity contribution is 0.661. The van der Waals surface area contributed by atoms with Crippen LogP contribution >= 0.6 is 12.2 Å². The maximum absolute atomic E-state index is 9.46. The van der Waals surface area contributed by atoms with E-state index in [2.05, 4.69) is 16.2 Å². The van der Waals surface area contributed by atoms with Crippen LogP contribution in [0, 0.1) is 29.9 Å². The summed E-state index contributed by atoms with van der Waals surface area (Å²) in [6, 6.07) is 8.06. The Morgan fingerprint density at radius 3 is 2.81 bits per heavy atom. The highest BCUT2D eigenvalue weighted by molar-refractivity contribution is 7.71. The van der Waals surface area contributed by atoms with Gasteiger partial charge in [-0.05, 0) is 44.6 Å². The Hall–Kier alpha value is -2.39. The molecule has 0 aliphatic carbocycles. The average Bonchev–Trinajstić information content (AvgIpc) is 2.95. The zero-order valence-corrected chi connectivity index (χ0v) is 13.0. The third-order valence-corrected chi connectivity index (χ3v) is 3.94. The van der Waals surface area contributed by atoms with E-state index < -0.39 is 0 Å². The molecular weight excluding hydrogens is 282 g/mol. The largest absolute Gasteiger partial charge is 0.327 e. The van der Waals surface area contributed by atoms with Crippen LogP contribution < -0.4 is 0 Å². The van der Waals surface area contributed by atoms with Crippen molar-refractivity contribution in [2.45, 2.75) is 27.3 Å². The molecule has 106 valence electrons. The van der Waals surface area contributed by atoms with Crippen LogP contribution in [-0.2, 0) is 6.54 Å². The van der Waals surface area contributed by atoms with E-state index in [1.807, 2.05) is 48.2 Å². The maximum atomic E-state index is 9.46. The van der Waals surface area contributed by atoms with Crippen LogP contribution in [0.5, 0.6) is 0 Å². The van der Waals surface area contributed by atoms with Gasteiger partial charge in [-0.1, -0.05) is 12.1 Å². The molecule has 0 saturated carbocycles. The number of nitrogens with one attached hydrogen (secondary N) is 1. The Morgan fingerprint density at radius 1 is 1.38 bits per heavy atom. The number of aromatic amines is 1. The lowest BCUT2D eigenvalue weighted by atomic mass is 10.1. The molecule has 1 N–H and O–H groups in total. The van der Waals surface area contributed by atoms with Gasteiger partial charge >= 0.3 is 0 Å². The zero-order valence-electron chi connectivity index (χ0n) is 12.1. The van der Waals surface area contributed by atoms with Gasteiger partial charge in [-0.2, -0.15) is 10.4 Å². The number of nitriles is 1. The molecule has 6 heteroatoms. The predicted molar refractivity (Wildman–Crippen MR) is 84.1 cm³/mol. The molecule has 0 fully saturated rings. The molecule has 1 aromatic carbocycles. The summed E-state index contributed by atoms with van der Waals surface area (Å²) in [5, 5.41) is 14.0. The number of imidazole rings is 1. The van der Waals surface area contributed by atoms with Crippen LogP contribution in [0.3, 0.4) is 0 Å². The molecule has 0 aliphatic heterocycles. The van der Waals surface area contributed by atoms with E-state index in [0.29, 0.717) is 10.3 Å². The summed E-state index contributed by atoms with van der Waals surface area (Å²) in [6.45, 7) is 6.65.